The van der Waals surface area contributed by atoms with E-state index in [1.54, 1.807) is 5.57 Å². The maximum Gasteiger partial charge on any atom is 0.410 e. The Balaban J connectivity index is 1.04. The van der Waals surface area contributed by atoms with Gasteiger partial charge in [-0.1, -0.05) is 18.6 Å². The first-order chi connectivity index (χ1) is 17.3. The van der Waals surface area contributed by atoms with Gasteiger partial charge >= 0.3 is 6.09 Å². The van der Waals surface area contributed by atoms with Gasteiger partial charge in [-0.2, -0.15) is 0 Å². The number of nitrogens with zero attached hydrogens (tertiary/aromatic N) is 2. The number of amides is 1. The van der Waals surface area contributed by atoms with E-state index in [9.17, 15) is 4.79 Å². The minimum atomic E-state index is -0.185. The quantitative estimate of drug-likeness (QED) is 0.497. The van der Waals surface area contributed by atoms with Crippen LogP contribution in [0, 0.1) is 40.4 Å². The number of carbonyl (C=O) groups excluding carboxylic acids is 1. The number of fused-ring (bicyclic) bond motifs is 5. The Kier molecular flexibility index (Phi) is 5.62. The van der Waals surface area contributed by atoms with Crippen LogP contribution in [0.2, 0.25) is 0 Å². The number of carbonyl (C=O) groups is 1. The second-order valence-corrected chi connectivity index (χ2v) is 13.8. The van der Waals surface area contributed by atoms with Crippen LogP contribution in [-0.2, 0) is 14.2 Å². The van der Waals surface area contributed by atoms with E-state index in [1.807, 2.05) is 11.9 Å². The lowest BCUT2D eigenvalue weighted by Gasteiger charge is -2.58. The van der Waals surface area contributed by atoms with Gasteiger partial charge in [-0.05, 0) is 106 Å². The molecule has 3 heterocycles. The number of hydrogen-bond donors (Lipinski definition) is 0. The van der Waals surface area contributed by atoms with Crippen molar-refractivity contribution >= 4 is 6.09 Å². The molecule has 0 aromatic rings. The van der Waals surface area contributed by atoms with Crippen molar-refractivity contribution < 1.29 is 19.0 Å². The van der Waals surface area contributed by atoms with Gasteiger partial charge in [0, 0.05) is 25.7 Å². The van der Waals surface area contributed by atoms with Gasteiger partial charge in [0.1, 0.15) is 6.10 Å². The Labute approximate surface area is 217 Å². The fourth-order valence-electron chi connectivity index (χ4n) is 10.7. The Bertz CT molecular complexity index is 938. The molecule has 7 rings (SSSR count). The van der Waals surface area contributed by atoms with E-state index in [0.29, 0.717) is 24.0 Å². The van der Waals surface area contributed by atoms with Gasteiger partial charge in [-0.25, -0.2) is 4.79 Å². The standard InChI is InChI=1S/C30H46N2O4/c1-18-23-7-8-25-21-6-5-19-15-20(32(4)28(33)36-26-16-35-27-22(26)11-14-34-27)9-12-29(19,2)24(21)10-13-30(23,25)17-31(18)3/h5,18,20-27H,6-17H2,1-4H3. The molecule has 0 radical (unpaired) electrons. The molecule has 4 aliphatic carbocycles. The highest BCUT2D eigenvalue weighted by atomic mass is 16.7. The first kappa shape index (κ1) is 24.0. The third kappa shape index (κ3) is 3.29. The average molecular weight is 499 g/mol. The summed E-state index contributed by atoms with van der Waals surface area (Å²) in [5, 5.41) is 0. The highest BCUT2D eigenvalue weighted by Crippen LogP contribution is 2.68. The molecule has 1 spiro atoms. The number of likely N-dealkylation sites (tertiary alicyclic amines) is 1. The first-order valence-corrected chi connectivity index (χ1v) is 14.9. The van der Waals surface area contributed by atoms with Crippen molar-refractivity contribution in [3.63, 3.8) is 0 Å². The van der Waals surface area contributed by atoms with Crippen LogP contribution in [0.25, 0.3) is 0 Å². The molecule has 0 aromatic heterocycles. The predicted molar refractivity (Wildman–Crippen MR) is 137 cm³/mol. The molecule has 0 bridgehead atoms. The first-order valence-electron chi connectivity index (χ1n) is 14.9. The zero-order valence-electron chi connectivity index (χ0n) is 22.8. The molecule has 11 atom stereocenters. The van der Waals surface area contributed by atoms with Gasteiger partial charge in [0.25, 0.3) is 0 Å². The zero-order chi connectivity index (χ0) is 24.8. The van der Waals surface area contributed by atoms with Crippen molar-refractivity contribution in [2.75, 3.05) is 33.9 Å². The van der Waals surface area contributed by atoms with Crippen LogP contribution in [0.1, 0.15) is 71.6 Å². The van der Waals surface area contributed by atoms with Gasteiger partial charge in [-0.3, -0.25) is 0 Å². The smallest absolute Gasteiger partial charge is 0.410 e. The van der Waals surface area contributed by atoms with Crippen LogP contribution >= 0.6 is 0 Å². The topological polar surface area (TPSA) is 51.2 Å². The van der Waals surface area contributed by atoms with E-state index in [1.165, 1.54) is 45.1 Å². The molecule has 6 fully saturated rings. The highest BCUT2D eigenvalue weighted by Gasteiger charge is 2.64. The summed E-state index contributed by atoms with van der Waals surface area (Å²) in [5.74, 6) is 3.71. The van der Waals surface area contributed by atoms with Gasteiger partial charge in [0.15, 0.2) is 6.29 Å². The summed E-state index contributed by atoms with van der Waals surface area (Å²) in [4.78, 5) is 17.7. The van der Waals surface area contributed by atoms with Crippen molar-refractivity contribution in [3.05, 3.63) is 11.6 Å². The molecule has 6 heteroatoms. The third-order valence-corrected chi connectivity index (χ3v) is 12.8. The predicted octanol–water partition coefficient (Wildman–Crippen LogP) is 5.08. The molecular weight excluding hydrogens is 452 g/mol. The van der Waals surface area contributed by atoms with E-state index in [0.717, 1.165) is 49.0 Å². The van der Waals surface area contributed by atoms with E-state index >= 15 is 0 Å². The molecule has 3 aliphatic heterocycles. The van der Waals surface area contributed by atoms with E-state index < -0.39 is 0 Å². The monoisotopic (exact) mass is 498 g/mol. The van der Waals surface area contributed by atoms with Crippen LogP contribution < -0.4 is 0 Å². The minimum Gasteiger partial charge on any atom is -0.443 e. The van der Waals surface area contributed by atoms with Gasteiger partial charge < -0.3 is 24.0 Å². The molecule has 36 heavy (non-hydrogen) atoms. The van der Waals surface area contributed by atoms with Crippen molar-refractivity contribution in [1.29, 1.82) is 0 Å². The lowest BCUT2D eigenvalue weighted by Crippen LogP contribution is -2.53. The van der Waals surface area contributed by atoms with Gasteiger partial charge in [0.2, 0.25) is 0 Å². The summed E-state index contributed by atoms with van der Waals surface area (Å²) in [5.41, 5.74) is 2.54. The van der Waals surface area contributed by atoms with E-state index in [-0.39, 0.29) is 30.4 Å². The second-order valence-electron chi connectivity index (χ2n) is 13.8. The van der Waals surface area contributed by atoms with E-state index in [2.05, 4.69) is 31.9 Å². The van der Waals surface area contributed by atoms with Gasteiger partial charge in [0.05, 0.1) is 19.1 Å². The lowest BCUT2D eigenvalue weighted by atomic mass is 9.47. The number of ether oxygens (including phenoxy) is 3. The molecule has 0 N–H and O–H groups in total. The summed E-state index contributed by atoms with van der Waals surface area (Å²) in [6.45, 7) is 7.55. The zero-order valence-corrected chi connectivity index (χ0v) is 22.8. The van der Waals surface area contributed by atoms with Crippen molar-refractivity contribution in [2.45, 2.75) is 96.1 Å². The average Bonchev–Trinajstić information content (AvgIpc) is 3.61. The van der Waals surface area contributed by atoms with Crippen LogP contribution in [0.15, 0.2) is 11.6 Å². The van der Waals surface area contributed by atoms with Gasteiger partial charge in [-0.15, -0.1) is 0 Å². The Morgan fingerprint density at radius 1 is 1.08 bits per heavy atom. The summed E-state index contributed by atoms with van der Waals surface area (Å²) < 4.78 is 17.2. The molecule has 0 aromatic carbocycles. The molecular formula is C30H46N2O4. The summed E-state index contributed by atoms with van der Waals surface area (Å²) >= 11 is 0. The van der Waals surface area contributed by atoms with Crippen LogP contribution in [0.3, 0.4) is 0 Å². The normalized spacial score (nSPS) is 51.6. The Morgan fingerprint density at radius 3 is 2.78 bits per heavy atom. The molecule has 11 unspecified atom stereocenters. The summed E-state index contributed by atoms with van der Waals surface area (Å²) in [6, 6.07) is 0.992. The maximum absolute atomic E-state index is 13.1. The molecule has 3 saturated heterocycles. The number of rotatable bonds is 2. The number of allylic oxidation sites excluding steroid dienone is 1. The molecule has 6 nitrogen and oxygen atoms in total. The SMILES string of the molecule is CC1C2CCC3C4CC=C5CC(N(C)C(=O)OC6COC7OCCC67)CCC5(C)C4CCC32CN1C. The molecule has 3 saturated carbocycles. The molecule has 1 amide bonds. The second kappa shape index (κ2) is 8.44. The molecule has 7 aliphatic rings. The van der Waals surface area contributed by atoms with Crippen LogP contribution in [0.4, 0.5) is 4.79 Å². The molecule has 200 valence electrons. The largest absolute Gasteiger partial charge is 0.443 e. The van der Waals surface area contributed by atoms with Crippen molar-refractivity contribution in [3.8, 4) is 0 Å². The summed E-state index contributed by atoms with van der Waals surface area (Å²) in [7, 11) is 4.31. The van der Waals surface area contributed by atoms with Crippen LogP contribution in [-0.4, -0.2) is 74.2 Å². The highest BCUT2D eigenvalue weighted by molar-refractivity contribution is 5.68. The van der Waals surface area contributed by atoms with Crippen molar-refractivity contribution in [1.82, 2.24) is 9.80 Å². The minimum absolute atomic E-state index is 0.168. The maximum atomic E-state index is 13.1. The Morgan fingerprint density at radius 2 is 1.92 bits per heavy atom. The van der Waals surface area contributed by atoms with Crippen molar-refractivity contribution in [2.24, 2.45) is 40.4 Å². The van der Waals surface area contributed by atoms with Crippen LogP contribution in [0.5, 0.6) is 0 Å². The van der Waals surface area contributed by atoms with E-state index in [4.69, 9.17) is 14.2 Å². The summed E-state index contributed by atoms with van der Waals surface area (Å²) in [6.07, 6.45) is 13.3. The fourth-order valence-corrected chi connectivity index (χ4v) is 10.7. The lowest BCUT2D eigenvalue weighted by molar-refractivity contribution is -0.0907. The third-order valence-electron chi connectivity index (χ3n) is 12.8. The fraction of sp³-hybridized carbons (Fsp3) is 0.900. The number of hydrogen-bond acceptors (Lipinski definition) is 5. The Hall–Kier alpha value is -1.11.